The zero-order valence-corrected chi connectivity index (χ0v) is 7.09. The summed E-state index contributed by atoms with van der Waals surface area (Å²) in [5, 5.41) is 2.60. The Bertz CT molecular complexity index is 225. The van der Waals surface area contributed by atoms with E-state index in [-0.39, 0.29) is 12.2 Å². The summed E-state index contributed by atoms with van der Waals surface area (Å²) in [6.45, 7) is 3.51. The molecule has 0 saturated carbocycles. The van der Waals surface area contributed by atoms with Crippen LogP contribution >= 0.6 is 0 Å². The summed E-state index contributed by atoms with van der Waals surface area (Å²) in [6.07, 6.45) is 0.620. The second kappa shape index (κ2) is 2.69. The molecule has 12 heavy (non-hydrogen) atoms. The predicted octanol–water partition coefficient (Wildman–Crippen LogP) is -0.331. The van der Waals surface area contributed by atoms with Gasteiger partial charge in [0.15, 0.2) is 11.7 Å². The van der Waals surface area contributed by atoms with E-state index in [1.54, 1.807) is 13.8 Å². The number of hydrogen-bond acceptors (Lipinski definition) is 3. The van der Waals surface area contributed by atoms with Crippen molar-refractivity contribution in [3.8, 4) is 0 Å². The van der Waals surface area contributed by atoms with Crippen molar-refractivity contribution in [2.24, 2.45) is 5.92 Å². The van der Waals surface area contributed by atoms with Crippen LogP contribution in [-0.4, -0.2) is 23.5 Å². The Labute approximate surface area is 70.3 Å². The number of amides is 1. The first-order chi connectivity index (χ1) is 5.46. The molecule has 4 nitrogen and oxygen atoms in total. The van der Waals surface area contributed by atoms with Crippen LogP contribution in [0.4, 0.5) is 0 Å². The second-order valence-electron chi connectivity index (χ2n) is 3.63. The van der Waals surface area contributed by atoms with Crippen LogP contribution in [0.3, 0.4) is 0 Å². The van der Waals surface area contributed by atoms with Gasteiger partial charge < -0.3 is 10.1 Å². The summed E-state index contributed by atoms with van der Waals surface area (Å²) in [6, 6.07) is 0. The molecule has 1 saturated heterocycles. The summed E-state index contributed by atoms with van der Waals surface area (Å²) < 4.78 is 0. The average molecular weight is 169 g/mol. The van der Waals surface area contributed by atoms with Gasteiger partial charge in [0.1, 0.15) is 6.29 Å². The molecule has 0 aliphatic carbocycles. The highest BCUT2D eigenvalue weighted by Gasteiger charge is 2.38. The van der Waals surface area contributed by atoms with Crippen molar-refractivity contribution in [1.29, 1.82) is 0 Å². The van der Waals surface area contributed by atoms with Gasteiger partial charge in [-0.25, -0.2) is 0 Å². The number of Topliss-reactive ketones (excluding diaryl/α,β-unsaturated/α-hetero) is 1. The van der Waals surface area contributed by atoms with E-state index in [1.807, 2.05) is 0 Å². The van der Waals surface area contributed by atoms with E-state index >= 15 is 0 Å². The fourth-order valence-electron chi connectivity index (χ4n) is 1.28. The Morgan fingerprint density at radius 1 is 1.50 bits per heavy atom. The number of rotatable bonds is 1. The molecule has 1 unspecified atom stereocenters. The van der Waals surface area contributed by atoms with Gasteiger partial charge in [-0.15, -0.1) is 0 Å². The minimum atomic E-state index is -1.09. The quantitative estimate of drug-likeness (QED) is 0.432. The summed E-state index contributed by atoms with van der Waals surface area (Å²) in [5.74, 6) is -1.86. The number of piperidine rings is 1. The highest BCUT2D eigenvalue weighted by Crippen LogP contribution is 2.18. The smallest absolute Gasteiger partial charge is 0.238 e. The average Bonchev–Trinajstić information content (AvgIpc) is 1.82. The van der Waals surface area contributed by atoms with Crippen molar-refractivity contribution in [2.75, 3.05) is 0 Å². The lowest BCUT2D eigenvalue weighted by Gasteiger charge is -2.31. The molecular formula is C8H11NO3. The zero-order chi connectivity index (χ0) is 9.35. The molecule has 1 aliphatic rings. The summed E-state index contributed by atoms with van der Waals surface area (Å²) >= 11 is 0. The number of carbonyl (C=O) groups excluding carboxylic acids is 3. The van der Waals surface area contributed by atoms with Crippen LogP contribution in [0.25, 0.3) is 0 Å². The van der Waals surface area contributed by atoms with Gasteiger partial charge in [-0.05, 0) is 13.8 Å². The Balaban J connectivity index is 2.84. The molecule has 1 amide bonds. The monoisotopic (exact) mass is 169 g/mol. The molecule has 1 rings (SSSR count). The number of carbonyl (C=O) groups is 3. The summed E-state index contributed by atoms with van der Waals surface area (Å²) in [4.78, 5) is 32.6. The Kier molecular flexibility index (Phi) is 2.00. The molecule has 0 aromatic rings. The fraction of sp³-hybridized carbons (Fsp3) is 0.625. The molecule has 0 bridgehead atoms. The van der Waals surface area contributed by atoms with Gasteiger partial charge in [0.05, 0.1) is 0 Å². The predicted molar refractivity (Wildman–Crippen MR) is 41.4 cm³/mol. The third-order valence-corrected chi connectivity index (χ3v) is 1.84. The van der Waals surface area contributed by atoms with Crippen LogP contribution in [0, 0.1) is 5.92 Å². The lowest BCUT2D eigenvalue weighted by molar-refractivity contribution is -0.142. The Morgan fingerprint density at radius 2 is 2.08 bits per heavy atom. The lowest BCUT2D eigenvalue weighted by Crippen LogP contribution is -2.55. The van der Waals surface area contributed by atoms with E-state index in [2.05, 4.69) is 5.32 Å². The maximum atomic E-state index is 11.2. The topological polar surface area (TPSA) is 63.2 Å². The van der Waals surface area contributed by atoms with Crippen LogP contribution in [-0.2, 0) is 14.4 Å². The minimum Gasteiger partial charge on any atom is -0.350 e. The van der Waals surface area contributed by atoms with E-state index in [0.717, 1.165) is 0 Å². The van der Waals surface area contributed by atoms with Crippen molar-refractivity contribution in [2.45, 2.75) is 25.8 Å². The van der Waals surface area contributed by atoms with Gasteiger partial charge in [-0.1, -0.05) is 0 Å². The van der Waals surface area contributed by atoms with Crippen molar-refractivity contribution in [3.63, 3.8) is 0 Å². The van der Waals surface area contributed by atoms with E-state index in [0.29, 0.717) is 6.29 Å². The molecule has 1 aliphatic heterocycles. The Morgan fingerprint density at radius 3 is 2.50 bits per heavy atom. The van der Waals surface area contributed by atoms with Gasteiger partial charge in [0.25, 0.3) is 0 Å². The van der Waals surface area contributed by atoms with Gasteiger partial charge in [-0.2, -0.15) is 0 Å². The largest absolute Gasteiger partial charge is 0.350 e. The fourth-order valence-corrected chi connectivity index (χ4v) is 1.28. The van der Waals surface area contributed by atoms with Crippen molar-refractivity contribution in [3.05, 3.63) is 0 Å². The first-order valence-corrected chi connectivity index (χ1v) is 3.76. The number of hydrogen-bond donors (Lipinski definition) is 1. The molecule has 1 fully saturated rings. The van der Waals surface area contributed by atoms with Gasteiger partial charge in [-0.3, -0.25) is 9.59 Å². The van der Waals surface area contributed by atoms with Crippen LogP contribution in [0.5, 0.6) is 0 Å². The van der Waals surface area contributed by atoms with E-state index in [4.69, 9.17) is 0 Å². The van der Waals surface area contributed by atoms with Crippen molar-refractivity contribution < 1.29 is 14.4 Å². The van der Waals surface area contributed by atoms with Crippen LogP contribution < -0.4 is 5.32 Å². The molecule has 1 N–H and O–H groups in total. The van der Waals surface area contributed by atoms with Crippen LogP contribution in [0.1, 0.15) is 20.3 Å². The zero-order valence-electron chi connectivity index (χ0n) is 7.09. The van der Waals surface area contributed by atoms with Gasteiger partial charge >= 0.3 is 0 Å². The molecule has 1 atom stereocenters. The van der Waals surface area contributed by atoms with E-state index < -0.39 is 17.4 Å². The SMILES string of the molecule is CC1(C)CC(=O)C(C=O)C(=O)N1. The standard InChI is InChI=1S/C8H11NO3/c1-8(2)3-6(11)5(4-10)7(12)9-8/h4-5H,3H2,1-2H3,(H,9,12). The van der Waals surface area contributed by atoms with Crippen LogP contribution in [0.2, 0.25) is 0 Å². The van der Waals surface area contributed by atoms with E-state index in [9.17, 15) is 14.4 Å². The van der Waals surface area contributed by atoms with Crippen molar-refractivity contribution in [1.82, 2.24) is 5.32 Å². The maximum Gasteiger partial charge on any atom is 0.238 e. The molecule has 0 radical (unpaired) electrons. The minimum absolute atomic E-state index is 0.224. The molecular weight excluding hydrogens is 158 g/mol. The molecule has 0 aromatic carbocycles. The molecule has 0 spiro atoms. The summed E-state index contributed by atoms with van der Waals surface area (Å²) in [7, 11) is 0. The van der Waals surface area contributed by atoms with Gasteiger partial charge in [0, 0.05) is 12.0 Å². The van der Waals surface area contributed by atoms with E-state index in [1.165, 1.54) is 0 Å². The molecule has 1 heterocycles. The highest BCUT2D eigenvalue weighted by atomic mass is 16.2. The number of nitrogens with one attached hydrogen (secondary N) is 1. The first kappa shape index (κ1) is 8.90. The molecule has 66 valence electrons. The van der Waals surface area contributed by atoms with Crippen molar-refractivity contribution >= 4 is 18.0 Å². The Hall–Kier alpha value is -1.19. The first-order valence-electron chi connectivity index (χ1n) is 3.76. The molecule has 4 heteroatoms. The lowest BCUT2D eigenvalue weighted by atomic mass is 9.86. The van der Waals surface area contributed by atoms with Gasteiger partial charge in [0.2, 0.25) is 5.91 Å². The molecule has 0 aromatic heterocycles. The third-order valence-electron chi connectivity index (χ3n) is 1.84. The normalized spacial score (nSPS) is 28.0. The maximum absolute atomic E-state index is 11.2. The number of aldehydes is 1. The third kappa shape index (κ3) is 1.52. The summed E-state index contributed by atoms with van der Waals surface area (Å²) in [5.41, 5.74) is -0.506. The van der Waals surface area contributed by atoms with Crippen LogP contribution in [0.15, 0.2) is 0 Å². The number of ketones is 1. The highest BCUT2D eigenvalue weighted by molar-refractivity contribution is 6.14. The second-order valence-corrected chi connectivity index (χ2v) is 3.63.